The molecule has 0 aliphatic carbocycles. The Morgan fingerprint density at radius 2 is 2.15 bits per heavy atom. The van der Waals surface area contributed by atoms with Crippen molar-refractivity contribution in [2.45, 2.75) is 39.2 Å². The normalized spacial score (nSPS) is 16.5. The summed E-state index contributed by atoms with van der Waals surface area (Å²) < 4.78 is 2.33. The lowest BCUT2D eigenvalue weighted by Crippen LogP contribution is -2.25. The van der Waals surface area contributed by atoms with Crippen LogP contribution in [0.3, 0.4) is 0 Å². The zero-order valence-electron chi connectivity index (χ0n) is 8.72. The second kappa shape index (κ2) is 2.79. The SMILES string of the molecule is CC(C)(C)n1ccc2c1NCCC2. The molecule has 0 spiro atoms. The number of nitrogens with one attached hydrogen (secondary N) is 1. The molecule has 1 aromatic rings. The third-order valence-electron chi connectivity index (χ3n) is 2.61. The molecule has 0 atom stereocenters. The van der Waals surface area contributed by atoms with Crippen molar-refractivity contribution in [3.05, 3.63) is 17.8 Å². The Morgan fingerprint density at radius 1 is 1.38 bits per heavy atom. The maximum absolute atomic E-state index is 3.48. The highest BCUT2D eigenvalue weighted by Crippen LogP contribution is 2.28. The van der Waals surface area contributed by atoms with E-state index in [-0.39, 0.29) is 5.54 Å². The fourth-order valence-corrected chi connectivity index (χ4v) is 1.92. The molecule has 1 aliphatic rings. The van der Waals surface area contributed by atoms with Crippen LogP contribution in [0.2, 0.25) is 0 Å². The molecule has 0 amide bonds. The van der Waals surface area contributed by atoms with E-state index in [4.69, 9.17) is 0 Å². The standard InChI is InChI=1S/C11H18N2/c1-11(2,3)13-8-6-9-5-4-7-12-10(9)13/h6,8,12H,4-5,7H2,1-3H3. The summed E-state index contributed by atoms with van der Waals surface area (Å²) in [5.74, 6) is 1.33. The number of hydrogen-bond acceptors (Lipinski definition) is 1. The van der Waals surface area contributed by atoms with E-state index in [1.165, 1.54) is 24.2 Å². The van der Waals surface area contributed by atoms with E-state index in [9.17, 15) is 0 Å². The topological polar surface area (TPSA) is 17.0 Å². The third-order valence-corrected chi connectivity index (χ3v) is 2.61. The smallest absolute Gasteiger partial charge is 0.109 e. The molecule has 0 bridgehead atoms. The molecule has 72 valence electrons. The zero-order chi connectivity index (χ0) is 9.47. The van der Waals surface area contributed by atoms with Crippen molar-refractivity contribution < 1.29 is 0 Å². The Hall–Kier alpha value is -0.920. The molecule has 2 heteroatoms. The van der Waals surface area contributed by atoms with Gasteiger partial charge in [0, 0.05) is 18.3 Å². The van der Waals surface area contributed by atoms with Crippen LogP contribution in [0.15, 0.2) is 12.3 Å². The average molecular weight is 178 g/mol. The number of fused-ring (bicyclic) bond motifs is 1. The lowest BCUT2D eigenvalue weighted by Gasteiger charge is -2.27. The van der Waals surface area contributed by atoms with Crippen LogP contribution in [0.1, 0.15) is 32.8 Å². The molecule has 2 heterocycles. The molecule has 2 nitrogen and oxygen atoms in total. The number of hydrogen-bond donors (Lipinski definition) is 1. The molecule has 0 radical (unpaired) electrons. The highest BCUT2D eigenvalue weighted by molar-refractivity contribution is 5.49. The maximum Gasteiger partial charge on any atom is 0.109 e. The molecule has 1 aliphatic heterocycles. The van der Waals surface area contributed by atoms with Crippen LogP contribution in [0, 0.1) is 0 Å². The lowest BCUT2D eigenvalue weighted by atomic mass is 10.1. The second-order valence-corrected chi connectivity index (χ2v) is 4.76. The molecular weight excluding hydrogens is 160 g/mol. The van der Waals surface area contributed by atoms with E-state index < -0.39 is 0 Å². The van der Waals surface area contributed by atoms with Gasteiger partial charge in [-0.2, -0.15) is 0 Å². The van der Waals surface area contributed by atoms with E-state index in [1.54, 1.807) is 0 Å². The molecule has 1 N–H and O–H groups in total. The summed E-state index contributed by atoms with van der Waals surface area (Å²) in [6.07, 6.45) is 4.69. The molecule has 2 rings (SSSR count). The summed E-state index contributed by atoms with van der Waals surface area (Å²) in [6.45, 7) is 7.84. The minimum Gasteiger partial charge on any atom is -0.371 e. The van der Waals surface area contributed by atoms with Gasteiger partial charge in [-0.25, -0.2) is 0 Å². The van der Waals surface area contributed by atoms with Crippen LogP contribution < -0.4 is 5.32 Å². The summed E-state index contributed by atoms with van der Waals surface area (Å²) in [4.78, 5) is 0. The summed E-state index contributed by atoms with van der Waals surface area (Å²) >= 11 is 0. The lowest BCUT2D eigenvalue weighted by molar-refractivity contribution is 0.401. The Bertz CT molecular complexity index is 304. The molecule has 1 aromatic heterocycles. The number of rotatable bonds is 0. The van der Waals surface area contributed by atoms with Gasteiger partial charge in [0.25, 0.3) is 0 Å². The predicted molar refractivity (Wildman–Crippen MR) is 56.2 cm³/mol. The zero-order valence-corrected chi connectivity index (χ0v) is 8.72. The van der Waals surface area contributed by atoms with Crippen molar-refractivity contribution in [1.29, 1.82) is 0 Å². The van der Waals surface area contributed by atoms with Gasteiger partial charge >= 0.3 is 0 Å². The third kappa shape index (κ3) is 1.45. The maximum atomic E-state index is 3.48. The first-order valence-electron chi connectivity index (χ1n) is 5.03. The van der Waals surface area contributed by atoms with Crippen molar-refractivity contribution in [3.63, 3.8) is 0 Å². The average Bonchev–Trinajstić information content (AvgIpc) is 2.45. The van der Waals surface area contributed by atoms with Crippen LogP contribution in [0.4, 0.5) is 5.82 Å². The molecule has 0 saturated heterocycles. The van der Waals surface area contributed by atoms with Crippen LogP contribution >= 0.6 is 0 Å². The summed E-state index contributed by atoms with van der Waals surface area (Å²) in [6, 6.07) is 2.24. The minimum absolute atomic E-state index is 0.192. The van der Waals surface area contributed by atoms with Gasteiger partial charge in [-0.1, -0.05) is 0 Å². The number of aryl methyl sites for hydroxylation is 1. The van der Waals surface area contributed by atoms with Gasteiger partial charge in [0.15, 0.2) is 0 Å². The fraction of sp³-hybridized carbons (Fsp3) is 0.636. The highest BCUT2D eigenvalue weighted by Gasteiger charge is 2.20. The van der Waals surface area contributed by atoms with Crippen molar-refractivity contribution >= 4 is 5.82 Å². The van der Waals surface area contributed by atoms with E-state index in [2.05, 4.69) is 42.9 Å². The largest absolute Gasteiger partial charge is 0.371 e. The summed E-state index contributed by atoms with van der Waals surface area (Å²) in [7, 11) is 0. The molecule has 0 fully saturated rings. The van der Waals surface area contributed by atoms with E-state index in [0.717, 1.165) is 6.54 Å². The van der Waals surface area contributed by atoms with Gasteiger partial charge in [-0.3, -0.25) is 0 Å². The quantitative estimate of drug-likeness (QED) is 0.646. The van der Waals surface area contributed by atoms with Gasteiger partial charge < -0.3 is 9.88 Å². The summed E-state index contributed by atoms with van der Waals surface area (Å²) in [5, 5.41) is 3.48. The molecule has 0 unspecified atom stereocenters. The Morgan fingerprint density at radius 3 is 2.85 bits per heavy atom. The van der Waals surface area contributed by atoms with E-state index >= 15 is 0 Å². The first-order chi connectivity index (χ1) is 6.09. The van der Waals surface area contributed by atoms with Gasteiger partial charge in [0.05, 0.1) is 0 Å². The molecule has 0 aromatic carbocycles. The van der Waals surface area contributed by atoms with Crippen molar-refractivity contribution in [3.8, 4) is 0 Å². The number of aromatic nitrogens is 1. The summed E-state index contributed by atoms with van der Waals surface area (Å²) in [5.41, 5.74) is 1.67. The molecular formula is C11H18N2. The van der Waals surface area contributed by atoms with Gasteiger partial charge in [-0.05, 0) is 45.2 Å². The van der Waals surface area contributed by atoms with E-state index in [0.29, 0.717) is 0 Å². The van der Waals surface area contributed by atoms with Crippen LogP contribution in [-0.4, -0.2) is 11.1 Å². The number of anilines is 1. The van der Waals surface area contributed by atoms with E-state index in [1.807, 2.05) is 0 Å². The van der Waals surface area contributed by atoms with Gasteiger partial charge in [0.2, 0.25) is 0 Å². The molecule has 0 saturated carbocycles. The first-order valence-corrected chi connectivity index (χ1v) is 5.03. The first kappa shape index (κ1) is 8.67. The Balaban J connectivity index is 2.43. The van der Waals surface area contributed by atoms with Crippen LogP contribution in [0.25, 0.3) is 0 Å². The molecule has 13 heavy (non-hydrogen) atoms. The van der Waals surface area contributed by atoms with Crippen LogP contribution in [0.5, 0.6) is 0 Å². The van der Waals surface area contributed by atoms with Crippen LogP contribution in [-0.2, 0) is 12.0 Å². The fourth-order valence-electron chi connectivity index (χ4n) is 1.92. The second-order valence-electron chi connectivity index (χ2n) is 4.76. The van der Waals surface area contributed by atoms with Crippen molar-refractivity contribution in [2.24, 2.45) is 0 Å². The Labute approximate surface area is 79.9 Å². The van der Waals surface area contributed by atoms with Gasteiger partial charge in [0.1, 0.15) is 5.82 Å². The highest BCUT2D eigenvalue weighted by atomic mass is 15.2. The van der Waals surface area contributed by atoms with Crippen molar-refractivity contribution in [2.75, 3.05) is 11.9 Å². The minimum atomic E-state index is 0.192. The van der Waals surface area contributed by atoms with Crippen molar-refractivity contribution in [1.82, 2.24) is 4.57 Å². The van der Waals surface area contributed by atoms with Gasteiger partial charge in [-0.15, -0.1) is 0 Å². The number of nitrogens with zero attached hydrogens (tertiary/aromatic N) is 1. The predicted octanol–water partition coefficient (Wildman–Crippen LogP) is 2.60. The Kier molecular flexibility index (Phi) is 1.86. The monoisotopic (exact) mass is 178 g/mol.